The molecule has 0 aliphatic carbocycles. The predicted molar refractivity (Wildman–Crippen MR) is 111 cm³/mol. The molecule has 0 bridgehead atoms. The molecular formula is C19H33N3O6S. The first-order valence-electron chi connectivity index (χ1n) is 9.73. The number of carbonyl (C=O) groups is 3. The number of aliphatic hydroxyl groups is 1. The van der Waals surface area contributed by atoms with E-state index in [4.69, 9.17) is 4.74 Å². The Hall–Kier alpha value is -1.78. The number of amides is 2. The van der Waals surface area contributed by atoms with Crippen LogP contribution >= 0.6 is 11.8 Å². The van der Waals surface area contributed by atoms with Gasteiger partial charge in [0, 0.05) is 5.75 Å². The SMILES string of the molecule is CC(C)(C)OC(=O)N[C@@H]1C(=O)N2C(C(=O)O)=C(CO)CS[C@H]12.CCN(CC)CC. The van der Waals surface area contributed by atoms with E-state index in [9.17, 15) is 24.6 Å². The normalized spacial score (nSPS) is 21.1. The van der Waals surface area contributed by atoms with E-state index in [-0.39, 0.29) is 11.3 Å². The summed E-state index contributed by atoms with van der Waals surface area (Å²) in [5, 5.41) is 20.4. The zero-order valence-electron chi connectivity index (χ0n) is 18.0. The molecule has 166 valence electrons. The standard InChI is InChI=1S/C13H18N2O6S.C6H15N/c1-13(2,3)21-12(20)14-7-9(17)15-8(11(18)19)6(4-16)5-22-10(7)15;1-4-7(5-2)6-3/h7,10,16H,4-5H2,1-3H3,(H,14,20)(H,18,19);4-6H2,1-3H3/t7-,10-;/m1./s1. The van der Waals surface area contributed by atoms with Crippen molar-refractivity contribution in [3.8, 4) is 0 Å². The van der Waals surface area contributed by atoms with Crippen molar-refractivity contribution < 1.29 is 29.3 Å². The minimum atomic E-state index is -1.27. The van der Waals surface area contributed by atoms with E-state index in [0.29, 0.717) is 5.75 Å². The van der Waals surface area contributed by atoms with Crippen LogP contribution in [0, 0.1) is 0 Å². The molecule has 0 spiro atoms. The molecule has 0 aromatic heterocycles. The molecule has 2 rings (SSSR count). The van der Waals surface area contributed by atoms with Gasteiger partial charge in [0.25, 0.3) is 5.91 Å². The number of nitrogens with one attached hydrogen (secondary N) is 1. The van der Waals surface area contributed by atoms with E-state index in [1.807, 2.05) is 0 Å². The van der Waals surface area contributed by atoms with Crippen molar-refractivity contribution in [2.45, 2.75) is 58.6 Å². The van der Waals surface area contributed by atoms with E-state index >= 15 is 0 Å². The Labute approximate surface area is 176 Å². The highest BCUT2D eigenvalue weighted by Crippen LogP contribution is 2.40. The third-order valence-corrected chi connectivity index (χ3v) is 5.79. The zero-order valence-corrected chi connectivity index (χ0v) is 18.8. The number of thioether (sulfide) groups is 1. The topological polar surface area (TPSA) is 119 Å². The Morgan fingerprint density at radius 1 is 1.24 bits per heavy atom. The maximum absolute atomic E-state index is 12.1. The first kappa shape index (κ1) is 25.3. The summed E-state index contributed by atoms with van der Waals surface area (Å²) in [6.07, 6.45) is -0.722. The van der Waals surface area contributed by atoms with Gasteiger partial charge < -0.3 is 25.2 Å². The van der Waals surface area contributed by atoms with Crippen molar-refractivity contribution in [2.75, 3.05) is 32.0 Å². The van der Waals surface area contributed by atoms with Crippen LogP contribution < -0.4 is 5.32 Å². The lowest BCUT2D eigenvalue weighted by Crippen LogP contribution is -2.70. The van der Waals surface area contributed by atoms with Crippen molar-refractivity contribution in [2.24, 2.45) is 0 Å². The third kappa shape index (κ3) is 6.61. The molecule has 10 heteroatoms. The maximum Gasteiger partial charge on any atom is 0.408 e. The predicted octanol–water partition coefficient (Wildman–Crippen LogP) is 1.47. The van der Waals surface area contributed by atoms with Crippen LogP contribution in [0.25, 0.3) is 0 Å². The fourth-order valence-corrected chi connectivity index (χ4v) is 4.25. The van der Waals surface area contributed by atoms with Crippen LogP contribution in [0.3, 0.4) is 0 Å². The average Bonchev–Trinajstić information content (AvgIpc) is 2.65. The molecule has 0 unspecified atom stereocenters. The Balaban J connectivity index is 0.000000516. The summed E-state index contributed by atoms with van der Waals surface area (Å²) in [5.41, 5.74) is -0.594. The van der Waals surface area contributed by atoms with Crippen molar-refractivity contribution in [1.82, 2.24) is 15.1 Å². The van der Waals surface area contributed by atoms with Crippen LogP contribution in [0.15, 0.2) is 11.3 Å². The zero-order chi connectivity index (χ0) is 22.4. The molecule has 1 saturated heterocycles. The average molecular weight is 432 g/mol. The van der Waals surface area contributed by atoms with Gasteiger partial charge in [-0.2, -0.15) is 0 Å². The minimum absolute atomic E-state index is 0.196. The lowest BCUT2D eigenvalue weighted by atomic mass is 10.0. The number of fused-ring (bicyclic) bond motifs is 1. The molecular weight excluding hydrogens is 398 g/mol. The third-order valence-electron chi connectivity index (χ3n) is 4.45. The van der Waals surface area contributed by atoms with Crippen molar-refractivity contribution in [3.63, 3.8) is 0 Å². The fraction of sp³-hybridized carbons (Fsp3) is 0.737. The van der Waals surface area contributed by atoms with Crippen LogP contribution in [0.2, 0.25) is 0 Å². The number of aliphatic hydroxyl groups excluding tert-OH is 1. The quantitative estimate of drug-likeness (QED) is 0.541. The Kier molecular flexibility index (Phi) is 9.44. The maximum atomic E-state index is 12.1. The molecule has 2 aliphatic rings. The molecule has 1 fully saturated rings. The summed E-state index contributed by atoms with van der Waals surface area (Å²) in [4.78, 5) is 38.6. The number of hydrogen-bond acceptors (Lipinski definition) is 7. The van der Waals surface area contributed by atoms with Crippen LogP contribution in [0.4, 0.5) is 4.79 Å². The highest BCUT2D eigenvalue weighted by Gasteiger charge is 2.54. The Bertz CT molecular complexity index is 637. The van der Waals surface area contributed by atoms with E-state index in [1.165, 1.54) is 31.4 Å². The number of β-lactam (4-membered cyclic amide) rings is 1. The Morgan fingerprint density at radius 2 is 1.79 bits per heavy atom. The molecule has 3 N–H and O–H groups in total. The number of nitrogens with zero attached hydrogens (tertiary/aromatic N) is 2. The molecule has 2 atom stereocenters. The van der Waals surface area contributed by atoms with Crippen LogP contribution in [-0.4, -0.2) is 87.0 Å². The van der Waals surface area contributed by atoms with E-state index in [1.54, 1.807) is 20.8 Å². The van der Waals surface area contributed by atoms with E-state index < -0.39 is 41.6 Å². The highest BCUT2D eigenvalue weighted by atomic mass is 32.2. The van der Waals surface area contributed by atoms with Gasteiger partial charge in [0.05, 0.1) is 6.61 Å². The van der Waals surface area contributed by atoms with Gasteiger partial charge >= 0.3 is 12.1 Å². The van der Waals surface area contributed by atoms with Gasteiger partial charge in [-0.05, 0) is 46.0 Å². The van der Waals surface area contributed by atoms with E-state index in [2.05, 4.69) is 31.0 Å². The number of carboxylic acids is 1. The largest absolute Gasteiger partial charge is 0.477 e. The lowest BCUT2D eigenvalue weighted by molar-refractivity contribution is -0.149. The highest BCUT2D eigenvalue weighted by molar-refractivity contribution is 8.00. The second kappa shape index (κ2) is 10.8. The second-order valence-electron chi connectivity index (χ2n) is 7.57. The molecule has 9 nitrogen and oxygen atoms in total. The molecule has 2 heterocycles. The molecule has 29 heavy (non-hydrogen) atoms. The van der Waals surface area contributed by atoms with Gasteiger partial charge in [0.1, 0.15) is 22.7 Å². The first-order valence-corrected chi connectivity index (χ1v) is 10.8. The van der Waals surface area contributed by atoms with Gasteiger partial charge in [0.2, 0.25) is 0 Å². The van der Waals surface area contributed by atoms with Crippen molar-refractivity contribution >= 4 is 29.7 Å². The molecule has 0 aromatic rings. The van der Waals surface area contributed by atoms with Crippen LogP contribution in [-0.2, 0) is 14.3 Å². The first-order chi connectivity index (χ1) is 13.5. The summed E-state index contributed by atoms with van der Waals surface area (Å²) < 4.78 is 5.09. The summed E-state index contributed by atoms with van der Waals surface area (Å²) >= 11 is 1.29. The number of carbonyl (C=O) groups excluding carboxylic acids is 2. The molecule has 2 aliphatic heterocycles. The van der Waals surface area contributed by atoms with Gasteiger partial charge in [0.15, 0.2) is 0 Å². The van der Waals surface area contributed by atoms with Crippen LogP contribution in [0.5, 0.6) is 0 Å². The lowest BCUT2D eigenvalue weighted by Gasteiger charge is -2.49. The molecule has 0 aromatic carbocycles. The number of ether oxygens (including phenoxy) is 1. The van der Waals surface area contributed by atoms with Gasteiger partial charge in [-0.3, -0.25) is 9.69 Å². The monoisotopic (exact) mass is 431 g/mol. The summed E-state index contributed by atoms with van der Waals surface area (Å²) in [6.45, 7) is 14.8. The van der Waals surface area contributed by atoms with E-state index in [0.717, 1.165) is 4.90 Å². The minimum Gasteiger partial charge on any atom is -0.477 e. The Morgan fingerprint density at radius 3 is 2.17 bits per heavy atom. The molecule has 2 amide bonds. The second-order valence-corrected chi connectivity index (χ2v) is 8.67. The summed E-state index contributed by atoms with van der Waals surface area (Å²) in [5.74, 6) is -1.50. The number of alkyl carbamates (subject to hydrolysis) is 1. The fourth-order valence-electron chi connectivity index (χ4n) is 2.91. The summed E-state index contributed by atoms with van der Waals surface area (Å²) in [6, 6.07) is -0.825. The molecule has 0 radical (unpaired) electrons. The van der Waals surface area contributed by atoms with Gasteiger partial charge in [-0.25, -0.2) is 9.59 Å². The summed E-state index contributed by atoms with van der Waals surface area (Å²) in [7, 11) is 0. The smallest absolute Gasteiger partial charge is 0.408 e. The van der Waals surface area contributed by atoms with Crippen molar-refractivity contribution in [1.29, 1.82) is 0 Å². The number of hydrogen-bond donors (Lipinski definition) is 3. The van der Waals surface area contributed by atoms with Crippen LogP contribution in [0.1, 0.15) is 41.5 Å². The van der Waals surface area contributed by atoms with Crippen molar-refractivity contribution in [3.05, 3.63) is 11.3 Å². The number of carboxylic acid groups (broad SMARTS) is 1. The molecule has 0 saturated carbocycles. The number of rotatable bonds is 6. The van der Waals surface area contributed by atoms with Gasteiger partial charge in [-0.1, -0.05) is 20.8 Å². The number of aliphatic carboxylic acids is 1. The van der Waals surface area contributed by atoms with Gasteiger partial charge in [-0.15, -0.1) is 11.8 Å².